The summed E-state index contributed by atoms with van der Waals surface area (Å²) in [5.41, 5.74) is 5.78. The van der Waals surface area contributed by atoms with Crippen molar-refractivity contribution in [2.45, 2.75) is 88.2 Å². The summed E-state index contributed by atoms with van der Waals surface area (Å²) in [6, 6.07) is 9.11. The number of alkyl halides is 3. The van der Waals surface area contributed by atoms with Gasteiger partial charge in [0.25, 0.3) is 5.91 Å². The quantitative estimate of drug-likeness (QED) is 0.171. The van der Waals surface area contributed by atoms with Gasteiger partial charge >= 0.3 is 24.3 Å². The van der Waals surface area contributed by atoms with E-state index in [1.807, 2.05) is 43.3 Å². The number of benzene rings is 2. The summed E-state index contributed by atoms with van der Waals surface area (Å²) in [6.07, 6.45) is -2.30. The van der Waals surface area contributed by atoms with Crippen LogP contribution in [-0.2, 0) is 38.1 Å². The highest BCUT2D eigenvalue weighted by Gasteiger charge is 2.41. The van der Waals surface area contributed by atoms with Gasteiger partial charge in [0, 0.05) is 63.5 Å². The molecule has 4 aliphatic rings. The van der Waals surface area contributed by atoms with Crippen LogP contribution >= 0.6 is 11.6 Å². The second kappa shape index (κ2) is 18.5. The number of esters is 1. The second-order valence-corrected chi connectivity index (χ2v) is 16.0. The van der Waals surface area contributed by atoms with Crippen molar-refractivity contribution >= 4 is 47.0 Å². The molecule has 3 saturated heterocycles. The summed E-state index contributed by atoms with van der Waals surface area (Å²) in [6.45, 7) is 3.55. The number of urea groups is 1. The van der Waals surface area contributed by atoms with E-state index in [1.54, 1.807) is 9.80 Å². The van der Waals surface area contributed by atoms with E-state index >= 15 is 0 Å². The number of fused-ring (bicyclic) bond motifs is 1. The summed E-state index contributed by atoms with van der Waals surface area (Å²) in [7, 11) is 3.92. The van der Waals surface area contributed by atoms with E-state index in [4.69, 9.17) is 26.8 Å². The van der Waals surface area contributed by atoms with E-state index in [0.717, 1.165) is 43.2 Å². The van der Waals surface area contributed by atoms with Gasteiger partial charge in [-0.05, 0) is 101 Å². The molecule has 0 saturated carbocycles. The molecule has 0 aromatic heterocycles. The Labute approximate surface area is 336 Å². The number of likely N-dealkylation sites (tertiary alicyclic amines) is 3. The topological polar surface area (TPSA) is 141 Å². The van der Waals surface area contributed by atoms with Crippen LogP contribution in [0.4, 0.5) is 34.1 Å². The number of carbonyl (C=O) groups is 4. The maximum Gasteiger partial charge on any atom is 0.418 e. The van der Waals surface area contributed by atoms with Crippen LogP contribution < -0.4 is 11.1 Å². The predicted molar refractivity (Wildman–Crippen MR) is 209 cm³/mol. The summed E-state index contributed by atoms with van der Waals surface area (Å²) in [4.78, 5) is 63.1. The lowest BCUT2D eigenvalue weighted by Gasteiger charge is -2.40. The van der Waals surface area contributed by atoms with Crippen LogP contribution in [0.1, 0.15) is 61.6 Å². The van der Waals surface area contributed by atoms with Crippen molar-refractivity contribution in [2.24, 2.45) is 0 Å². The highest BCUT2D eigenvalue weighted by molar-refractivity contribution is 6.33. The van der Waals surface area contributed by atoms with Gasteiger partial charge in [0.05, 0.1) is 22.9 Å². The Hall–Kier alpha value is -4.28. The maximum absolute atomic E-state index is 14.2. The molecule has 6 rings (SSSR count). The number of ether oxygens (including phenoxy) is 2. The van der Waals surface area contributed by atoms with E-state index in [9.17, 15) is 32.3 Å². The van der Waals surface area contributed by atoms with E-state index in [-0.39, 0.29) is 60.2 Å². The molecule has 2 aromatic rings. The molecule has 0 spiro atoms. The molecule has 0 bridgehead atoms. The van der Waals surface area contributed by atoms with E-state index in [2.05, 4.69) is 10.2 Å². The second-order valence-electron chi connectivity index (χ2n) is 15.6. The van der Waals surface area contributed by atoms with Crippen LogP contribution in [0.25, 0.3) is 0 Å². The van der Waals surface area contributed by atoms with Crippen LogP contribution in [0.3, 0.4) is 0 Å². The van der Waals surface area contributed by atoms with Crippen LogP contribution in [0.2, 0.25) is 5.02 Å². The van der Waals surface area contributed by atoms with Crippen molar-refractivity contribution in [3.05, 3.63) is 58.1 Å². The number of nitrogens with two attached hydrogens (primary N) is 1. The Kier molecular flexibility index (Phi) is 13.8. The van der Waals surface area contributed by atoms with Gasteiger partial charge in [-0.3, -0.25) is 14.5 Å². The highest BCUT2D eigenvalue weighted by atomic mass is 35.5. The van der Waals surface area contributed by atoms with Crippen molar-refractivity contribution < 1.29 is 41.8 Å². The van der Waals surface area contributed by atoms with Gasteiger partial charge in [-0.2, -0.15) is 13.2 Å². The Morgan fingerprint density at radius 3 is 2.35 bits per heavy atom. The molecular formula is C40H53ClF3N7O6. The first kappa shape index (κ1) is 42.3. The van der Waals surface area contributed by atoms with Crippen LogP contribution in [0, 0.1) is 0 Å². The Bertz CT molecular complexity index is 1770. The largest absolute Gasteiger partial charge is 0.464 e. The Balaban J connectivity index is 1.10. The minimum Gasteiger partial charge on any atom is -0.464 e. The molecule has 2 atom stereocenters. The molecule has 2 aromatic carbocycles. The van der Waals surface area contributed by atoms with E-state index in [1.165, 1.54) is 11.0 Å². The lowest BCUT2D eigenvalue weighted by molar-refractivity contribution is -0.151. The molecule has 4 aliphatic heterocycles. The summed E-state index contributed by atoms with van der Waals surface area (Å²) >= 11 is 6.14. The number of nitrogens with one attached hydrogen (secondary N) is 1. The fourth-order valence-corrected chi connectivity index (χ4v) is 8.71. The van der Waals surface area contributed by atoms with Crippen LogP contribution in [-0.4, -0.2) is 139 Å². The molecule has 0 unspecified atom stereocenters. The zero-order chi connectivity index (χ0) is 40.9. The zero-order valence-electron chi connectivity index (χ0n) is 32.6. The zero-order valence-corrected chi connectivity index (χ0v) is 33.3. The summed E-state index contributed by atoms with van der Waals surface area (Å²) in [5.74, 6) is -0.765. The van der Waals surface area contributed by atoms with Gasteiger partial charge in [0.2, 0.25) is 0 Å². The average Bonchev–Trinajstić information content (AvgIpc) is 3.61. The molecular weight excluding hydrogens is 767 g/mol. The minimum absolute atomic E-state index is 0.0314. The lowest BCUT2D eigenvalue weighted by atomic mass is 9.99. The summed E-state index contributed by atoms with van der Waals surface area (Å²) < 4.78 is 53.2. The number of halogens is 4. The Morgan fingerprint density at radius 2 is 1.65 bits per heavy atom. The molecule has 13 nitrogen and oxygen atoms in total. The van der Waals surface area contributed by atoms with Gasteiger partial charge in [0.15, 0.2) is 6.10 Å². The number of rotatable bonds is 11. The fraction of sp³-hybridized carbons (Fsp3) is 0.600. The molecule has 3 fully saturated rings. The number of anilines is 2. The van der Waals surface area contributed by atoms with Gasteiger partial charge in [-0.1, -0.05) is 29.8 Å². The molecule has 3 N–H and O–H groups in total. The van der Waals surface area contributed by atoms with Gasteiger partial charge in [-0.15, -0.1) is 0 Å². The van der Waals surface area contributed by atoms with E-state index in [0.29, 0.717) is 64.8 Å². The first-order chi connectivity index (χ1) is 27.2. The maximum atomic E-state index is 14.2. The third-order valence-corrected chi connectivity index (χ3v) is 11.9. The standard InChI is InChI=1S/C40H53ClF3N7O6/c1-47(2)15-6-22-56-37(53)33-9-5-16-50(33)28-11-17-48(18-12-28)36(52)34(25-26-23-30(40(42,43)44)35(45)31(41)24-26)57-39(55)49-19-13-29(14-20-49)51-21-10-27-7-3-4-8-32(27)46-38(51)54/h3-4,7-8,23-24,28-29,33-34H,5-6,9-22,25,45H2,1-2H3,(H,46,54)/t33-,34-/m1/s1. The number of para-hydroxylation sites is 1. The monoisotopic (exact) mass is 819 g/mol. The van der Waals surface area contributed by atoms with Gasteiger partial charge in [-0.25, -0.2) is 9.59 Å². The molecule has 4 heterocycles. The number of nitrogen functional groups attached to an aromatic ring is 1. The summed E-state index contributed by atoms with van der Waals surface area (Å²) in [5, 5.41) is 2.66. The SMILES string of the molecule is CN(C)CCCOC(=O)[C@H]1CCCN1C1CCN(C(=O)[C@@H](Cc2cc(Cl)c(N)c(C(F)(F)F)c2)OC(=O)N2CCC(N3CCc4ccccc4NC3=O)CC2)CC1. The molecule has 17 heteroatoms. The van der Waals surface area contributed by atoms with Gasteiger partial charge < -0.3 is 40.1 Å². The van der Waals surface area contributed by atoms with Crippen LogP contribution in [0.5, 0.6) is 0 Å². The van der Waals surface area contributed by atoms with Crippen molar-refractivity contribution in [1.82, 2.24) is 24.5 Å². The van der Waals surface area contributed by atoms with Crippen molar-refractivity contribution in [1.29, 1.82) is 0 Å². The predicted octanol–water partition coefficient (Wildman–Crippen LogP) is 5.49. The van der Waals surface area contributed by atoms with Crippen molar-refractivity contribution in [3.8, 4) is 0 Å². The molecule has 57 heavy (non-hydrogen) atoms. The number of hydrogen-bond donors (Lipinski definition) is 2. The molecule has 4 amide bonds. The first-order valence-corrected chi connectivity index (χ1v) is 20.2. The van der Waals surface area contributed by atoms with Gasteiger partial charge in [0.1, 0.15) is 6.04 Å². The number of amides is 4. The minimum atomic E-state index is -4.80. The number of carbonyl (C=O) groups excluding carboxylic acids is 4. The normalized spacial score (nSPS) is 20.6. The van der Waals surface area contributed by atoms with Crippen LogP contribution in [0.15, 0.2) is 36.4 Å². The van der Waals surface area contributed by atoms with Crippen molar-refractivity contribution in [3.63, 3.8) is 0 Å². The fourth-order valence-electron chi connectivity index (χ4n) is 8.46. The van der Waals surface area contributed by atoms with Crippen molar-refractivity contribution in [2.75, 3.05) is 77.6 Å². The first-order valence-electron chi connectivity index (χ1n) is 19.8. The smallest absolute Gasteiger partial charge is 0.418 e. The molecule has 0 aliphatic carbocycles. The lowest BCUT2D eigenvalue weighted by Crippen LogP contribution is -2.53. The number of hydrogen-bond acceptors (Lipinski definition) is 9. The molecule has 0 radical (unpaired) electrons. The number of nitrogens with zero attached hydrogens (tertiary/aromatic N) is 5. The average molecular weight is 820 g/mol. The number of piperidine rings is 2. The third kappa shape index (κ3) is 10.4. The Morgan fingerprint density at radius 1 is 0.965 bits per heavy atom. The molecule has 312 valence electrons. The van der Waals surface area contributed by atoms with E-state index < -0.39 is 35.5 Å². The third-order valence-electron chi connectivity index (χ3n) is 11.5. The highest BCUT2D eigenvalue weighted by Crippen LogP contribution is 2.38.